The number of hydrogen-bond donors (Lipinski definition) is 3. The highest BCUT2D eigenvalue weighted by atomic mass is 16.6. The van der Waals surface area contributed by atoms with Gasteiger partial charge in [-0.3, -0.25) is 14.2 Å². The third-order valence-electron chi connectivity index (χ3n) is 7.39. The second-order valence-electron chi connectivity index (χ2n) is 9.42. The molecule has 5 aliphatic rings. The summed E-state index contributed by atoms with van der Waals surface area (Å²) in [5.74, 6) is 1.80. The molecule has 8 heteroatoms. The van der Waals surface area contributed by atoms with Gasteiger partial charge in [0.25, 0.3) is 5.56 Å². The van der Waals surface area contributed by atoms with Crippen LogP contribution in [0.5, 0.6) is 5.75 Å². The molecule has 1 aromatic heterocycles. The van der Waals surface area contributed by atoms with Gasteiger partial charge in [-0.2, -0.15) is 0 Å². The van der Waals surface area contributed by atoms with Crippen molar-refractivity contribution < 1.29 is 29.6 Å². The monoisotopic (exact) mass is 405 g/mol. The Labute approximate surface area is 168 Å². The van der Waals surface area contributed by atoms with Gasteiger partial charge in [-0.05, 0) is 62.3 Å². The fraction of sp³-hybridized carbons (Fsp3) is 0.714. The Kier molecular flexibility index (Phi) is 4.58. The fourth-order valence-electron chi connectivity index (χ4n) is 6.43. The highest BCUT2D eigenvalue weighted by molar-refractivity contribution is 5.79. The second kappa shape index (κ2) is 6.91. The lowest BCUT2D eigenvalue weighted by Gasteiger charge is -2.55. The second-order valence-corrected chi connectivity index (χ2v) is 9.42. The summed E-state index contributed by atoms with van der Waals surface area (Å²) in [5.41, 5.74) is -0.928. The van der Waals surface area contributed by atoms with Crippen molar-refractivity contribution >= 4 is 5.97 Å². The van der Waals surface area contributed by atoms with Crippen molar-refractivity contribution in [3.8, 4) is 5.75 Å². The first-order valence-corrected chi connectivity index (χ1v) is 10.5. The van der Waals surface area contributed by atoms with Crippen molar-refractivity contribution in [2.75, 3.05) is 6.61 Å². The zero-order valence-corrected chi connectivity index (χ0v) is 16.1. The van der Waals surface area contributed by atoms with E-state index in [0.29, 0.717) is 17.8 Å². The lowest BCUT2D eigenvalue weighted by atomic mass is 9.49. The molecule has 1 aliphatic heterocycles. The number of carbonyl (C=O) groups is 1. The Bertz CT molecular complexity index is 830. The predicted molar refractivity (Wildman–Crippen MR) is 100.0 cm³/mol. The SMILES string of the molecule is O=C(Oc1ccn(C2OC(CO)C(O)C2O)c(=O)c1)C12CC3CC(CC(C3)C1)C2. The van der Waals surface area contributed by atoms with Gasteiger partial charge in [0.1, 0.15) is 24.1 Å². The van der Waals surface area contributed by atoms with Gasteiger partial charge in [-0.1, -0.05) is 0 Å². The van der Waals surface area contributed by atoms with Gasteiger partial charge in [-0.25, -0.2) is 0 Å². The van der Waals surface area contributed by atoms with E-state index in [-0.39, 0.29) is 11.7 Å². The Hall–Kier alpha value is -1.74. The molecule has 1 saturated heterocycles. The standard InChI is InChI=1S/C21H27NO7/c23-10-15-17(25)18(26)19(29-15)22-2-1-14(6-16(22)24)28-20(27)21-7-11-3-12(8-21)5-13(4-11)9-21/h1-2,6,11-13,15,17-19,23,25-26H,3-5,7-10H2. The topological polar surface area (TPSA) is 118 Å². The number of rotatable bonds is 4. The molecule has 4 atom stereocenters. The first-order chi connectivity index (χ1) is 13.9. The van der Waals surface area contributed by atoms with Crippen molar-refractivity contribution in [3.63, 3.8) is 0 Å². The quantitative estimate of drug-likeness (QED) is 0.627. The summed E-state index contributed by atoms with van der Waals surface area (Å²) in [6.07, 6.45) is 3.03. The van der Waals surface area contributed by atoms with Crippen LogP contribution in [0.3, 0.4) is 0 Å². The van der Waals surface area contributed by atoms with E-state index in [4.69, 9.17) is 9.47 Å². The van der Waals surface area contributed by atoms with E-state index in [1.165, 1.54) is 37.6 Å². The lowest BCUT2D eigenvalue weighted by molar-refractivity contribution is -0.161. The minimum atomic E-state index is -1.34. The Balaban J connectivity index is 1.33. The zero-order valence-electron chi connectivity index (χ0n) is 16.1. The molecule has 0 amide bonds. The van der Waals surface area contributed by atoms with E-state index in [0.717, 1.165) is 23.8 Å². The molecule has 4 bridgehead atoms. The van der Waals surface area contributed by atoms with Crippen LogP contribution in [0.25, 0.3) is 0 Å². The van der Waals surface area contributed by atoms with Crippen LogP contribution in [-0.4, -0.2) is 50.8 Å². The average molecular weight is 405 g/mol. The molecular weight excluding hydrogens is 378 g/mol. The minimum Gasteiger partial charge on any atom is -0.426 e. The molecule has 0 aromatic carbocycles. The van der Waals surface area contributed by atoms with Crippen molar-refractivity contribution in [1.29, 1.82) is 0 Å². The van der Waals surface area contributed by atoms with Gasteiger partial charge in [0, 0.05) is 12.3 Å². The Morgan fingerprint density at radius 1 is 1.14 bits per heavy atom. The largest absolute Gasteiger partial charge is 0.426 e. The van der Waals surface area contributed by atoms with Crippen LogP contribution >= 0.6 is 0 Å². The minimum absolute atomic E-state index is 0.179. The maximum Gasteiger partial charge on any atom is 0.317 e. The summed E-state index contributed by atoms with van der Waals surface area (Å²) in [6, 6.07) is 2.70. The van der Waals surface area contributed by atoms with Crippen LogP contribution < -0.4 is 10.3 Å². The van der Waals surface area contributed by atoms with Crippen LogP contribution in [0.4, 0.5) is 0 Å². The fourth-order valence-corrected chi connectivity index (χ4v) is 6.43. The van der Waals surface area contributed by atoms with Crippen molar-refractivity contribution in [2.45, 2.75) is 63.1 Å². The van der Waals surface area contributed by atoms with Crippen molar-refractivity contribution in [1.82, 2.24) is 4.57 Å². The van der Waals surface area contributed by atoms with Crippen molar-refractivity contribution in [2.24, 2.45) is 23.2 Å². The highest BCUT2D eigenvalue weighted by Gasteiger charge is 2.55. The number of aliphatic hydroxyl groups excluding tert-OH is 3. The van der Waals surface area contributed by atoms with Gasteiger partial charge < -0.3 is 24.8 Å². The average Bonchev–Trinajstić information content (AvgIpc) is 2.95. The Morgan fingerprint density at radius 2 is 1.76 bits per heavy atom. The molecule has 4 saturated carbocycles. The van der Waals surface area contributed by atoms with E-state index in [1.54, 1.807) is 0 Å². The molecule has 0 radical (unpaired) electrons. The van der Waals surface area contributed by atoms with Gasteiger partial charge in [0.15, 0.2) is 6.23 Å². The molecular formula is C21H27NO7. The number of aromatic nitrogens is 1. The summed E-state index contributed by atoms with van der Waals surface area (Å²) in [7, 11) is 0. The number of aliphatic hydroxyl groups is 3. The number of carbonyl (C=O) groups excluding carboxylic acids is 1. The van der Waals surface area contributed by atoms with Crippen LogP contribution in [0.1, 0.15) is 44.8 Å². The molecule has 8 nitrogen and oxygen atoms in total. The molecule has 6 rings (SSSR count). The Morgan fingerprint density at radius 3 is 2.28 bits per heavy atom. The predicted octanol–water partition coefficient (Wildman–Crippen LogP) is 0.582. The van der Waals surface area contributed by atoms with Crippen LogP contribution in [0.15, 0.2) is 23.1 Å². The summed E-state index contributed by atoms with van der Waals surface area (Å²) in [5, 5.41) is 29.2. The third-order valence-corrected chi connectivity index (χ3v) is 7.39. The van der Waals surface area contributed by atoms with E-state index >= 15 is 0 Å². The number of esters is 1. The summed E-state index contributed by atoms with van der Waals surface area (Å²) >= 11 is 0. The highest BCUT2D eigenvalue weighted by Crippen LogP contribution is 2.60. The van der Waals surface area contributed by atoms with E-state index < -0.39 is 42.1 Å². The van der Waals surface area contributed by atoms with Crippen molar-refractivity contribution in [3.05, 3.63) is 28.7 Å². The van der Waals surface area contributed by atoms with E-state index in [1.807, 2.05) is 0 Å². The number of pyridine rings is 1. The molecule has 4 aliphatic carbocycles. The van der Waals surface area contributed by atoms with Crippen LogP contribution in [0.2, 0.25) is 0 Å². The molecule has 3 N–H and O–H groups in total. The molecule has 158 valence electrons. The van der Waals surface area contributed by atoms with E-state index in [2.05, 4.69) is 0 Å². The zero-order chi connectivity index (χ0) is 20.3. The van der Waals surface area contributed by atoms with Gasteiger partial charge >= 0.3 is 5.97 Å². The van der Waals surface area contributed by atoms with E-state index in [9.17, 15) is 24.9 Å². The molecule has 2 heterocycles. The molecule has 1 aromatic rings. The molecule has 4 unspecified atom stereocenters. The third kappa shape index (κ3) is 3.13. The summed E-state index contributed by atoms with van der Waals surface area (Å²) < 4.78 is 12.2. The van der Waals surface area contributed by atoms with Crippen LogP contribution in [0, 0.1) is 23.2 Å². The first kappa shape index (κ1) is 19.2. The van der Waals surface area contributed by atoms with Gasteiger partial charge in [-0.15, -0.1) is 0 Å². The van der Waals surface area contributed by atoms with Gasteiger partial charge in [0.2, 0.25) is 0 Å². The normalized spacial score (nSPS) is 42.9. The number of ether oxygens (including phenoxy) is 2. The molecule has 5 fully saturated rings. The summed E-state index contributed by atoms with van der Waals surface area (Å²) in [4.78, 5) is 25.6. The maximum atomic E-state index is 13.0. The number of nitrogens with zero attached hydrogens (tertiary/aromatic N) is 1. The molecule has 0 spiro atoms. The summed E-state index contributed by atoms with van der Waals surface area (Å²) in [6.45, 7) is -0.468. The first-order valence-electron chi connectivity index (χ1n) is 10.5. The van der Waals surface area contributed by atoms with Gasteiger partial charge in [0.05, 0.1) is 12.0 Å². The maximum absolute atomic E-state index is 13.0. The smallest absolute Gasteiger partial charge is 0.317 e. The number of hydrogen-bond acceptors (Lipinski definition) is 7. The van der Waals surface area contributed by atoms with Crippen LogP contribution in [-0.2, 0) is 9.53 Å². The lowest BCUT2D eigenvalue weighted by Crippen LogP contribution is -2.51. The molecule has 29 heavy (non-hydrogen) atoms.